The average molecular weight is 411 g/mol. The molecule has 0 radical (unpaired) electrons. The van der Waals surface area contributed by atoms with Gasteiger partial charge < -0.3 is 19.1 Å². The summed E-state index contributed by atoms with van der Waals surface area (Å²) in [4.78, 5) is 31.9. The smallest absolute Gasteiger partial charge is 0.256 e. The molecule has 1 amide bonds. The fourth-order valence-corrected chi connectivity index (χ4v) is 4.40. The summed E-state index contributed by atoms with van der Waals surface area (Å²) in [5.74, 6) is 0.925. The number of aryl methyl sites for hydroxylation is 1. The SMILES string of the molecule is COc1ccc(N2CCN(CCCN3CCC(=O)c4c(ccn4C)C3=O)CC2)cc1. The number of nitrogens with zero attached hydrogens (tertiary/aromatic N) is 4. The Morgan fingerprint density at radius 3 is 2.37 bits per heavy atom. The van der Waals surface area contributed by atoms with Crippen LogP contribution in [0.1, 0.15) is 33.7 Å². The van der Waals surface area contributed by atoms with E-state index in [1.807, 2.05) is 24.1 Å². The van der Waals surface area contributed by atoms with E-state index < -0.39 is 0 Å². The van der Waals surface area contributed by atoms with Crippen LogP contribution in [0.25, 0.3) is 0 Å². The van der Waals surface area contributed by atoms with Gasteiger partial charge in [-0.1, -0.05) is 0 Å². The first-order valence-corrected chi connectivity index (χ1v) is 10.7. The largest absolute Gasteiger partial charge is 0.497 e. The second-order valence-corrected chi connectivity index (χ2v) is 8.03. The Kier molecular flexibility index (Phi) is 6.08. The molecule has 4 rings (SSSR count). The Hall–Kier alpha value is -2.80. The van der Waals surface area contributed by atoms with Crippen LogP contribution in [0.5, 0.6) is 5.75 Å². The lowest BCUT2D eigenvalue weighted by Crippen LogP contribution is -2.47. The Balaban J connectivity index is 1.25. The number of ketones is 1. The lowest BCUT2D eigenvalue weighted by atomic mass is 10.1. The van der Waals surface area contributed by atoms with Crippen molar-refractivity contribution in [3.05, 3.63) is 47.8 Å². The van der Waals surface area contributed by atoms with Crippen molar-refractivity contribution in [2.75, 3.05) is 57.8 Å². The van der Waals surface area contributed by atoms with Gasteiger partial charge in [-0.15, -0.1) is 0 Å². The lowest BCUT2D eigenvalue weighted by Gasteiger charge is -2.36. The molecule has 2 aliphatic rings. The standard InChI is InChI=1S/C23H30N4O3/c1-24-12-8-20-22(24)21(28)9-13-27(23(20)29)11-3-10-25-14-16-26(17-15-25)18-4-6-19(30-2)7-5-18/h4-8,12H,3,9-11,13-17H2,1-2H3. The summed E-state index contributed by atoms with van der Waals surface area (Å²) in [6.45, 7) is 6.20. The minimum atomic E-state index is -0.0132. The van der Waals surface area contributed by atoms with Crippen molar-refractivity contribution in [1.29, 1.82) is 0 Å². The summed E-state index contributed by atoms with van der Waals surface area (Å²) in [5.41, 5.74) is 2.33. The van der Waals surface area contributed by atoms with Gasteiger partial charge in [-0.2, -0.15) is 0 Å². The number of ether oxygens (including phenoxy) is 1. The number of anilines is 1. The van der Waals surface area contributed by atoms with Crippen LogP contribution in [0.15, 0.2) is 36.5 Å². The van der Waals surface area contributed by atoms with E-state index in [1.54, 1.807) is 23.9 Å². The number of fused-ring (bicyclic) bond motifs is 1. The molecule has 2 aliphatic heterocycles. The van der Waals surface area contributed by atoms with E-state index in [2.05, 4.69) is 21.9 Å². The second-order valence-electron chi connectivity index (χ2n) is 8.03. The Morgan fingerprint density at radius 1 is 0.933 bits per heavy atom. The monoisotopic (exact) mass is 410 g/mol. The van der Waals surface area contributed by atoms with Crippen LogP contribution in [0.3, 0.4) is 0 Å². The van der Waals surface area contributed by atoms with E-state index in [-0.39, 0.29) is 11.7 Å². The summed E-state index contributed by atoms with van der Waals surface area (Å²) < 4.78 is 7.00. The number of hydrogen-bond acceptors (Lipinski definition) is 5. The Morgan fingerprint density at radius 2 is 1.67 bits per heavy atom. The number of hydrogen-bond donors (Lipinski definition) is 0. The first-order valence-electron chi connectivity index (χ1n) is 10.7. The van der Waals surface area contributed by atoms with Crippen molar-refractivity contribution in [2.45, 2.75) is 12.8 Å². The van der Waals surface area contributed by atoms with Gasteiger partial charge in [0, 0.05) is 64.6 Å². The molecule has 160 valence electrons. The van der Waals surface area contributed by atoms with Gasteiger partial charge in [-0.05, 0) is 43.3 Å². The number of piperazine rings is 1. The fourth-order valence-electron chi connectivity index (χ4n) is 4.40. The molecular weight excluding hydrogens is 380 g/mol. The Labute approximate surface area is 177 Å². The highest BCUT2D eigenvalue weighted by Gasteiger charge is 2.29. The van der Waals surface area contributed by atoms with E-state index in [4.69, 9.17) is 4.74 Å². The average Bonchev–Trinajstić information content (AvgIpc) is 3.12. The van der Waals surface area contributed by atoms with Crippen LogP contribution >= 0.6 is 0 Å². The van der Waals surface area contributed by atoms with Gasteiger partial charge in [-0.25, -0.2) is 0 Å². The molecule has 1 aromatic carbocycles. The molecule has 0 aliphatic carbocycles. The van der Waals surface area contributed by atoms with Crippen LogP contribution in [0.2, 0.25) is 0 Å². The predicted octanol–water partition coefficient (Wildman–Crippen LogP) is 2.27. The van der Waals surface area contributed by atoms with E-state index in [0.29, 0.717) is 30.8 Å². The zero-order chi connectivity index (χ0) is 21.1. The summed E-state index contributed by atoms with van der Waals surface area (Å²) in [6.07, 6.45) is 3.12. The van der Waals surface area contributed by atoms with E-state index in [1.165, 1.54) is 5.69 Å². The van der Waals surface area contributed by atoms with Crippen molar-refractivity contribution >= 4 is 17.4 Å². The predicted molar refractivity (Wildman–Crippen MR) is 117 cm³/mol. The van der Waals surface area contributed by atoms with Gasteiger partial charge >= 0.3 is 0 Å². The second kappa shape index (κ2) is 8.92. The first kappa shape index (κ1) is 20.5. The zero-order valence-corrected chi connectivity index (χ0v) is 17.8. The summed E-state index contributed by atoms with van der Waals surface area (Å²) in [6, 6.07) is 10.00. The Bertz CT molecular complexity index is 898. The molecule has 1 aromatic heterocycles. The van der Waals surface area contributed by atoms with Gasteiger partial charge in [0.1, 0.15) is 5.75 Å². The number of carbonyl (C=O) groups is 2. The van der Waals surface area contributed by atoms with Gasteiger partial charge in [0.2, 0.25) is 0 Å². The molecule has 3 heterocycles. The van der Waals surface area contributed by atoms with Gasteiger partial charge in [0.25, 0.3) is 5.91 Å². The molecule has 30 heavy (non-hydrogen) atoms. The lowest BCUT2D eigenvalue weighted by molar-refractivity contribution is 0.0750. The van der Waals surface area contributed by atoms with Crippen molar-refractivity contribution in [3.8, 4) is 5.75 Å². The number of carbonyl (C=O) groups excluding carboxylic acids is 2. The van der Waals surface area contributed by atoms with E-state index >= 15 is 0 Å². The normalized spacial score (nSPS) is 17.8. The van der Waals surface area contributed by atoms with Crippen molar-refractivity contribution in [2.24, 2.45) is 7.05 Å². The number of benzene rings is 1. The molecule has 0 atom stereocenters. The highest BCUT2D eigenvalue weighted by atomic mass is 16.5. The van der Waals surface area contributed by atoms with Gasteiger partial charge in [-0.3, -0.25) is 14.5 Å². The molecule has 2 aromatic rings. The maximum absolute atomic E-state index is 12.9. The molecule has 0 N–H and O–H groups in total. The minimum absolute atomic E-state index is 0.0132. The van der Waals surface area contributed by atoms with Gasteiger partial charge in [0.05, 0.1) is 18.4 Å². The van der Waals surface area contributed by atoms with E-state index in [9.17, 15) is 9.59 Å². The van der Waals surface area contributed by atoms with Crippen molar-refractivity contribution in [3.63, 3.8) is 0 Å². The molecule has 0 saturated carbocycles. The van der Waals surface area contributed by atoms with Crippen LogP contribution in [0.4, 0.5) is 5.69 Å². The summed E-state index contributed by atoms with van der Waals surface area (Å²) in [5, 5.41) is 0. The molecule has 0 unspecified atom stereocenters. The third-order valence-electron chi connectivity index (χ3n) is 6.18. The molecule has 7 nitrogen and oxygen atoms in total. The van der Waals surface area contributed by atoms with Crippen molar-refractivity contribution < 1.29 is 14.3 Å². The third-order valence-corrected chi connectivity index (χ3v) is 6.18. The van der Waals surface area contributed by atoms with Gasteiger partial charge in [0.15, 0.2) is 5.78 Å². The zero-order valence-electron chi connectivity index (χ0n) is 17.8. The number of amides is 1. The number of methoxy groups -OCH3 is 1. The quantitative estimate of drug-likeness (QED) is 0.731. The maximum Gasteiger partial charge on any atom is 0.256 e. The molecule has 0 bridgehead atoms. The topological polar surface area (TPSA) is 58.0 Å². The number of Topliss-reactive ketones (excluding diaryl/α,β-unsaturated/α-hetero) is 1. The van der Waals surface area contributed by atoms with E-state index in [0.717, 1.165) is 44.9 Å². The van der Waals surface area contributed by atoms with Crippen LogP contribution < -0.4 is 9.64 Å². The van der Waals surface area contributed by atoms with Crippen LogP contribution in [0, 0.1) is 0 Å². The summed E-state index contributed by atoms with van der Waals surface area (Å²) in [7, 11) is 3.51. The summed E-state index contributed by atoms with van der Waals surface area (Å²) >= 11 is 0. The first-order chi connectivity index (χ1) is 14.6. The molecule has 1 saturated heterocycles. The van der Waals surface area contributed by atoms with Crippen LogP contribution in [-0.2, 0) is 7.05 Å². The number of rotatable bonds is 6. The highest BCUT2D eigenvalue weighted by Crippen LogP contribution is 2.21. The number of aromatic nitrogens is 1. The van der Waals surface area contributed by atoms with Crippen molar-refractivity contribution in [1.82, 2.24) is 14.4 Å². The highest BCUT2D eigenvalue weighted by molar-refractivity contribution is 6.08. The van der Waals surface area contributed by atoms with Crippen LogP contribution in [-0.4, -0.2) is 79.0 Å². The molecule has 1 fully saturated rings. The fraction of sp³-hybridized carbons (Fsp3) is 0.478. The maximum atomic E-state index is 12.9. The molecule has 0 spiro atoms. The third kappa shape index (κ3) is 4.21. The molecule has 7 heteroatoms. The molecular formula is C23H30N4O3. The minimum Gasteiger partial charge on any atom is -0.497 e.